The minimum absolute atomic E-state index is 0.277. The molecular weight excluding hydrogens is 268 g/mol. The van der Waals surface area contributed by atoms with Crippen LogP contribution in [0.5, 0.6) is 0 Å². The Labute approximate surface area is 124 Å². The van der Waals surface area contributed by atoms with E-state index in [0.717, 1.165) is 44.7 Å². The highest BCUT2D eigenvalue weighted by Crippen LogP contribution is 2.31. The summed E-state index contributed by atoms with van der Waals surface area (Å²) in [5.74, 6) is 0.261. The maximum absolute atomic E-state index is 12.1. The molecule has 1 saturated carbocycles. The van der Waals surface area contributed by atoms with Gasteiger partial charge in [-0.1, -0.05) is 12.1 Å². The number of hydrogen-bond acceptors (Lipinski definition) is 4. The third kappa shape index (κ3) is 2.86. The number of benzene rings is 1. The number of nitrogens with zero attached hydrogens (tertiary/aromatic N) is 2. The molecule has 1 amide bonds. The number of ether oxygens (including phenoxy) is 1. The molecule has 0 unspecified atom stereocenters. The number of carbonyl (C=O) groups excluding carboxylic acids is 2. The maximum atomic E-state index is 12.1. The molecule has 3 rings (SSSR count). The van der Waals surface area contributed by atoms with Crippen LogP contribution in [0.15, 0.2) is 24.3 Å². The fourth-order valence-electron chi connectivity index (χ4n) is 2.79. The van der Waals surface area contributed by atoms with Crippen LogP contribution in [0.2, 0.25) is 0 Å². The summed E-state index contributed by atoms with van der Waals surface area (Å²) in [4.78, 5) is 28.0. The van der Waals surface area contributed by atoms with E-state index in [1.54, 1.807) is 6.07 Å². The third-order valence-corrected chi connectivity index (χ3v) is 4.17. The van der Waals surface area contributed by atoms with Crippen molar-refractivity contribution in [2.45, 2.75) is 12.8 Å². The number of anilines is 1. The standard InChI is InChI=1S/C16H20N2O3/c1-21-16(20)13-4-2-3-5-14(13)17-8-10-18(11-9-17)15(19)12-6-7-12/h2-5,12H,6-11H2,1H3. The summed E-state index contributed by atoms with van der Waals surface area (Å²) in [7, 11) is 1.39. The fraction of sp³-hybridized carbons (Fsp3) is 0.500. The monoisotopic (exact) mass is 288 g/mol. The molecule has 1 aliphatic heterocycles. The first-order chi connectivity index (χ1) is 10.2. The van der Waals surface area contributed by atoms with Crippen LogP contribution in [0, 0.1) is 5.92 Å². The number of rotatable bonds is 3. The van der Waals surface area contributed by atoms with Crippen molar-refractivity contribution in [1.82, 2.24) is 4.90 Å². The normalized spacial score (nSPS) is 18.5. The second kappa shape index (κ2) is 5.76. The van der Waals surface area contributed by atoms with Gasteiger partial charge in [0.15, 0.2) is 0 Å². The van der Waals surface area contributed by atoms with E-state index in [9.17, 15) is 9.59 Å². The van der Waals surface area contributed by atoms with Crippen molar-refractivity contribution in [3.8, 4) is 0 Å². The van der Waals surface area contributed by atoms with Gasteiger partial charge in [-0.15, -0.1) is 0 Å². The lowest BCUT2D eigenvalue weighted by atomic mass is 10.1. The second-order valence-electron chi connectivity index (χ2n) is 5.60. The molecule has 0 N–H and O–H groups in total. The summed E-state index contributed by atoms with van der Waals surface area (Å²) < 4.78 is 4.84. The number of piperazine rings is 1. The minimum Gasteiger partial charge on any atom is -0.465 e. The van der Waals surface area contributed by atoms with Gasteiger partial charge in [0.2, 0.25) is 5.91 Å². The molecule has 0 spiro atoms. The van der Waals surface area contributed by atoms with Gasteiger partial charge in [-0.3, -0.25) is 4.79 Å². The van der Waals surface area contributed by atoms with E-state index >= 15 is 0 Å². The first-order valence-electron chi connectivity index (χ1n) is 7.42. The van der Waals surface area contributed by atoms with E-state index in [2.05, 4.69) is 4.90 Å². The van der Waals surface area contributed by atoms with Gasteiger partial charge in [-0.25, -0.2) is 4.79 Å². The maximum Gasteiger partial charge on any atom is 0.339 e. The molecule has 2 aliphatic rings. The Bertz CT molecular complexity index is 546. The first kappa shape index (κ1) is 13.9. The number of carbonyl (C=O) groups is 2. The van der Waals surface area contributed by atoms with E-state index in [0.29, 0.717) is 11.5 Å². The quantitative estimate of drug-likeness (QED) is 0.792. The summed E-state index contributed by atoms with van der Waals surface area (Å²) in [6.07, 6.45) is 2.09. The molecule has 1 aromatic carbocycles. The number of hydrogen-bond donors (Lipinski definition) is 0. The van der Waals surface area contributed by atoms with Gasteiger partial charge in [0.25, 0.3) is 0 Å². The average Bonchev–Trinajstić information content (AvgIpc) is 3.38. The van der Waals surface area contributed by atoms with Crippen molar-refractivity contribution in [3.05, 3.63) is 29.8 Å². The van der Waals surface area contributed by atoms with Crippen LogP contribution in [0.25, 0.3) is 0 Å². The Kier molecular flexibility index (Phi) is 3.82. The average molecular weight is 288 g/mol. The summed E-state index contributed by atoms with van der Waals surface area (Å²) >= 11 is 0. The molecule has 2 fully saturated rings. The highest BCUT2D eigenvalue weighted by Gasteiger charge is 2.34. The summed E-state index contributed by atoms with van der Waals surface area (Å²) in [5, 5.41) is 0. The van der Waals surface area contributed by atoms with Gasteiger partial charge in [0, 0.05) is 32.1 Å². The highest BCUT2D eigenvalue weighted by molar-refractivity contribution is 5.95. The molecule has 0 bridgehead atoms. The van der Waals surface area contributed by atoms with E-state index in [1.807, 2.05) is 23.1 Å². The van der Waals surface area contributed by atoms with Crippen LogP contribution in [0.1, 0.15) is 23.2 Å². The van der Waals surface area contributed by atoms with Crippen molar-refractivity contribution >= 4 is 17.6 Å². The van der Waals surface area contributed by atoms with E-state index < -0.39 is 0 Å². The first-order valence-corrected chi connectivity index (χ1v) is 7.42. The molecule has 21 heavy (non-hydrogen) atoms. The van der Waals surface area contributed by atoms with Crippen LogP contribution in [0.3, 0.4) is 0 Å². The van der Waals surface area contributed by atoms with Gasteiger partial charge in [-0.05, 0) is 25.0 Å². The molecule has 5 heteroatoms. The molecule has 1 saturated heterocycles. The molecule has 112 valence electrons. The molecule has 0 radical (unpaired) electrons. The zero-order chi connectivity index (χ0) is 14.8. The lowest BCUT2D eigenvalue weighted by molar-refractivity contribution is -0.132. The van der Waals surface area contributed by atoms with Gasteiger partial charge >= 0.3 is 5.97 Å². The Morgan fingerprint density at radius 1 is 1.10 bits per heavy atom. The molecule has 5 nitrogen and oxygen atoms in total. The van der Waals surface area contributed by atoms with Crippen LogP contribution in [-0.4, -0.2) is 50.1 Å². The Morgan fingerprint density at radius 3 is 2.38 bits per heavy atom. The number of esters is 1. The van der Waals surface area contributed by atoms with Gasteiger partial charge in [-0.2, -0.15) is 0 Å². The summed E-state index contributed by atoms with van der Waals surface area (Å²) in [6.45, 7) is 2.97. The van der Waals surface area contributed by atoms with E-state index in [1.165, 1.54) is 7.11 Å². The lowest BCUT2D eigenvalue weighted by Gasteiger charge is -2.36. The molecule has 1 aliphatic carbocycles. The minimum atomic E-state index is -0.318. The van der Waals surface area contributed by atoms with Gasteiger partial charge < -0.3 is 14.5 Å². The smallest absolute Gasteiger partial charge is 0.339 e. The largest absolute Gasteiger partial charge is 0.465 e. The predicted octanol–water partition coefficient (Wildman–Crippen LogP) is 1.53. The lowest BCUT2D eigenvalue weighted by Crippen LogP contribution is -2.49. The summed E-state index contributed by atoms with van der Waals surface area (Å²) in [6, 6.07) is 7.47. The van der Waals surface area contributed by atoms with Crippen molar-refractivity contribution < 1.29 is 14.3 Å². The van der Waals surface area contributed by atoms with Crippen molar-refractivity contribution in [3.63, 3.8) is 0 Å². The molecule has 1 heterocycles. The topological polar surface area (TPSA) is 49.9 Å². The molecule has 0 aromatic heterocycles. The zero-order valence-electron chi connectivity index (χ0n) is 12.2. The second-order valence-corrected chi connectivity index (χ2v) is 5.60. The van der Waals surface area contributed by atoms with Gasteiger partial charge in [0.05, 0.1) is 18.4 Å². The van der Waals surface area contributed by atoms with Crippen LogP contribution in [-0.2, 0) is 9.53 Å². The molecular formula is C16H20N2O3. The molecule has 0 atom stereocenters. The SMILES string of the molecule is COC(=O)c1ccccc1N1CCN(C(=O)C2CC2)CC1. The van der Waals surface area contributed by atoms with Crippen molar-refractivity contribution in [1.29, 1.82) is 0 Å². The zero-order valence-corrected chi connectivity index (χ0v) is 12.2. The number of amides is 1. The van der Waals surface area contributed by atoms with Crippen molar-refractivity contribution in [2.24, 2.45) is 5.92 Å². The number of methoxy groups -OCH3 is 1. The number of para-hydroxylation sites is 1. The Morgan fingerprint density at radius 2 is 1.76 bits per heavy atom. The van der Waals surface area contributed by atoms with E-state index in [4.69, 9.17) is 4.74 Å². The Balaban J connectivity index is 1.69. The van der Waals surface area contributed by atoms with Crippen LogP contribution >= 0.6 is 0 Å². The van der Waals surface area contributed by atoms with Crippen LogP contribution in [0.4, 0.5) is 5.69 Å². The third-order valence-electron chi connectivity index (χ3n) is 4.17. The fourth-order valence-corrected chi connectivity index (χ4v) is 2.79. The van der Waals surface area contributed by atoms with Crippen LogP contribution < -0.4 is 4.90 Å². The van der Waals surface area contributed by atoms with E-state index in [-0.39, 0.29) is 11.9 Å². The van der Waals surface area contributed by atoms with Crippen molar-refractivity contribution in [2.75, 3.05) is 38.2 Å². The van der Waals surface area contributed by atoms with Gasteiger partial charge in [0.1, 0.15) is 0 Å². The Hall–Kier alpha value is -2.04. The molecule has 1 aromatic rings. The summed E-state index contributed by atoms with van der Waals surface area (Å²) in [5.41, 5.74) is 1.48. The predicted molar refractivity (Wildman–Crippen MR) is 79.3 cm³/mol. The highest BCUT2D eigenvalue weighted by atomic mass is 16.5.